The molecule has 5 heteroatoms. The molecule has 0 radical (unpaired) electrons. The Morgan fingerprint density at radius 2 is 2.00 bits per heavy atom. The van der Waals surface area contributed by atoms with Crippen molar-refractivity contribution in [3.8, 4) is 5.75 Å². The van der Waals surface area contributed by atoms with Gasteiger partial charge >= 0.3 is 0 Å². The smallest absolute Gasteiger partial charge is 0.194 e. The minimum Gasteiger partial charge on any atom is -0.491 e. The van der Waals surface area contributed by atoms with Crippen LogP contribution in [0.4, 0.5) is 0 Å². The van der Waals surface area contributed by atoms with E-state index in [1.165, 1.54) is 0 Å². The maximum atomic E-state index is 5.89. The van der Waals surface area contributed by atoms with Crippen molar-refractivity contribution >= 4 is 34.2 Å². The number of halogens is 2. The van der Waals surface area contributed by atoms with E-state index in [4.69, 9.17) is 16.3 Å². The molecule has 1 heterocycles. The average Bonchev–Trinajstić information content (AvgIpc) is 2.25. The molecule has 0 aromatic carbocycles. The number of ether oxygens (including phenoxy) is 1. The van der Waals surface area contributed by atoms with E-state index in [1.54, 1.807) is 7.11 Å². The quantitative estimate of drug-likeness (QED) is 0.745. The molecular weight excluding hydrogens is 302 g/mol. The van der Waals surface area contributed by atoms with Crippen LogP contribution in [0.15, 0.2) is 0 Å². The van der Waals surface area contributed by atoms with Gasteiger partial charge in [0.25, 0.3) is 0 Å². The van der Waals surface area contributed by atoms with E-state index in [-0.39, 0.29) is 5.54 Å². The molecule has 0 N–H and O–H groups in total. The van der Waals surface area contributed by atoms with Crippen LogP contribution in [0.5, 0.6) is 5.75 Å². The van der Waals surface area contributed by atoms with Gasteiger partial charge in [0.2, 0.25) is 0 Å². The third-order valence-electron chi connectivity index (χ3n) is 1.59. The zero-order chi connectivity index (χ0) is 10.2. The van der Waals surface area contributed by atoms with Crippen LogP contribution in [-0.2, 0) is 5.54 Å². The lowest BCUT2D eigenvalue weighted by Gasteiger charge is -2.20. The number of methoxy groups -OCH3 is 1. The highest BCUT2D eigenvalue weighted by Gasteiger charge is 2.23. The van der Waals surface area contributed by atoms with Crippen molar-refractivity contribution in [2.45, 2.75) is 26.3 Å². The van der Waals surface area contributed by atoms with Gasteiger partial charge in [0.05, 0.1) is 12.6 Å². The highest BCUT2D eigenvalue weighted by molar-refractivity contribution is 14.1. The first-order valence-electron chi connectivity index (χ1n) is 3.86. The summed E-state index contributed by atoms with van der Waals surface area (Å²) in [6.07, 6.45) is 0. The van der Waals surface area contributed by atoms with Gasteiger partial charge in [-0.05, 0) is 43.4 Å². The van der Waals surface area contributed by atoms with Gasteiger partial charge in [-0.25, -0.2) is 4.68 Å². The normalized spacial score (nSPS) is 11.8. The van der Waals surface area contributed by atoms with Gasteiger partial charge in [-0.2, -0.15) is 5.10 Å². The van der Waals surface area contributed by atoms with Gasteiger partial charge in [-0.3, -0.25) is 0 Å². The Balaban J connectivity index is 3.26. The second-order valence-electron chi connectivity index (χ2n) is 3.70. The maximum absolute atomic E-state index is 5.89. The van der Waals surface area contributed by atoms with Crippen molar-refractivity contribution in [3.05, 3.63) is 8.85 Å². The molecule has 0 aliphatic carbocycles. The van der Waals surface area contributed by atoms with Crippen LogP contribution in [0, 0.1) is 3.70 Å². The molecule has 74 valence electrons. The van der Waals surface area contributed by atoms with E-state index in [1.807, 2.05) is 4.68 Å². The van der Waals surface area contributed by atoms with Gasteiger partial charge < -0.3 is 4.74 Å². The number of hydrogen-bond acceptors (Lipinski definition) is 2. The molecule has 0 saturated carbocycles. The van der Waals surface area contributed by atoms with Crippen molar-refractivity contribution in [2.75, 3.05) is 7.11 Å². The van der Waals surface area contributed by atoms with Crippen LogP contribution in [0.1, 0.15) is 20.8 Å². The fraction of sp³-hybridized carbons (Fsp3) is 0.625. The summed E-state index contributed by atoms with van der Waals surface area (Å²) in [5.41, 5.74) is -0.0725. The molecule has 0 atom stereocenters. The summed E-state index contributed by atoms with van der Waals surface area (Å²) in [7, 11) is 1.60. The minimum atomic E-state index is -0.0725. The first-order chi connectivity index (χ1) is 5.88. The van der Waals surface area contributed by atoms with Crippen LogP contribution < -0.4 is 4.74 Å². The molecule has 13 heavy (non-hydrogen) atoms. The van der Waals surface area contributed by atoms with Crippen LogP contribution in [0.2, 0.25) is 5.15 Å². The van der Waals surface area contributed by atoms with Gasteiger partial charge in [0, 0.05) is 0 Å². The summed E-state index contributed by atoms with van der Waals surface area (Å²) in [5.74, 6) is 0.650. The second-order valence-corrected chi connectivity index (χ2v) is 5.08. The maximum Gasteiger partial charge on any atom is 0.194 e. The van der Waals surface area contributed by atoms with Crippen LogP contribution in [0.25, 0.3) is 0 Å². The summed E-state index contributed by atoms with van der Waals surface area (Å²) in [4.78, 5) is 0. The van der Waals surface area contributed by atoms with Crippen molar-refractivity contribution in [1.82, 2.24) is 9.78 Å². The van der Waals surface area contributed by atoms with E-state index < -0.39 is 0 Å². The molecule has 0 bridgehead atoms. The third kappa shape index (κ3) is 2.10. The SMILES string of the molecule is COc1c(Cl)nn(C(C)(C)C)c1I. The molecule has 3 nitrogen and oxygen atoms in total. The molecule has 0 spiro atoms. The zero-order valence-corrected chi connectivity index (χ0v) is 11.0. The lowest BCUT2D eigenvalue weighted by atomic mass is 10.1. The highest BCUT2D eigenvalue weighted by atomic mass is 127. The summed E-state index contributed by atoms with van der Waals surface area (Å²) in [6, 6.07) is 0. The molecule has 0 unspecified atom stereocenters. The predicted octanol–water partition coefficient (Wildman–Crippen LogP) is 2.90. The van der Waals surface area contributed by atoms with Gasteiger partial charge in [-0.1, -0.05) is 11.6 Å². The van der Waals surface area contributed by atoms with Crippen LogP contribution >= 0.6 is 34.2 Å². The molecule has 1 aromatic rings. The third-order valence-corrected chi connectivity index (χ3v) is 2.78. The molecule has 0 amide bonds. The summed E-state index contributed by atoms with van der Waals surface area (Å²) < 4.78 is 7.91. The molecule has 1 rings (SSSR count). The van der Waals surface area contributed by atoms with Crippen molar-refractivity contribution in [3.63, 3.8) is 0 Å². The number of hydrogen-bond donors (Lipinski definition) is 0. The number of rotatable bonds is 1. The van der Waals surface area contributed by atoms with E-state index in [0.717, 1.165) is 3.70 Å². The Kier molecular flexibility index (Phi) is 3.12. The number of aromatic nitrogens is 2. The highest BCUT2D eigenvalue weighted by Crippen LogP contribution is 2.32. The Morgan fingerprint density at radius 3 is 2.23 bits per heavy atom. The van der Waals surface area contributed by atoms with E-state index in [0.29, 0.717) is 10.9 Å². The van der Waals surface area contributed by atoms with E-state index in [2.05, 4.69) is 48.5 Å². The summed E-state index contributed by atoms with van der Waals surface area (Å²) in [5, 5.41) is 4.62. The fourth-order valence-corrected chi connectivity index (χ4v) is 2.68. The Labute approximate surface area is 96.5 Å². The molecule has 0 aliphatic heterocycles. The topological polar surface area (TPSA) is 27.1 Å². The number of nitrogens with zero attached hydrogens (tertiary/aromatic N) is 2. The predicted molar refractivity (Wildman–Crippen MR) is 61.5 cm³/mol. The summed E-state index contributed by atoms with van der Waals surface area (Å²) in [6.45, 7) is 6.20. The second kappa shape index (κ2) is 3.65. The Morgan fingerprint density at radius 1 is 1.46 bits per heavy atom. The standard InChI is InChI=1S/C8H12ClIN2O/c1-8(2,3)12-7(10)5(13-4)6(9)11-12/h1-4H3. The lowest BCUT2D eigenvalue weighted by molar-refractivity contribution is 0.342. The monoisotopic (exact) mass is 314 g/mol. The van der Waals surface area contributed by atoms with Gasteiger partial charge in [0.1, 0.15) is 3.70 Å². The molecular formula is C8H12ClIN2O. The molecule has 0 fully saturated rings. The molecule has 1 aromatic heterocycles. The van der Waals surface area contributed by atoms with E-state index in [9.17, 15) is 0 Å². The first kappa shape index (κ1) is 11.1. The fourth-order valence-electron chi connectivity index (χ4n) is 0.971. The Bertz CT molecular complexity index is 317. The van der Waals surface area contributed by atoms with Crippen molar-refractivity contribution < 1.29 is 4.74 Å². The average molecular weight is 315 g/mol. The van der Waals surface area contributed by atoms with E-state index >= 15 is 0 Å². The molecule has 0 aliphatic rings. The van der Waals surface area contributed by atoms with Gasteiger partial charge in [0.15, 0.2) is 10.9 Å². The van der Waals surface area contributed by atoms with Gasteiger partial charge in [-0.15, -0.1) is 0 Å². The Hall–Kier alpha value is 0.0300. The van der Waals surface area contributed by atoms with Crippen LogP contribution in [-0.4, -0.2) is 16.9 Å². The zero-order valence-electron chi connectivity index (χ0n) is 8.06. The largest absolute Gasteiger partial charge is 0.491 e. The first-order valence-corrected chi connectivity index (χ1v) is 5.32. The van der Waals surface area contributed by atoms with Crippen molar-refractivity contribution in [2.24, 2.45) is 0 Å². The summed E-state index contributed by atoms with van der Waals surface area (Å²) >= 11 is 8.07. The minimum absolute atomic E-state index is 0.0725. The van der Waals surface area contributed by atoms with Crippen LogP contribution in [0.3, 0.4) is 0 Å². The lowest BCUT2D eigenvalue weighted by Crippen LogP contribution is -2.24. The van der Waals surface area contributed by atoms with Crippen molar-refractivity contribution in [1.29, 1.82) is 0 Å². The molecule has 0 saturated heterocycles.